The number of oxime groups is 1. The van der Waals surface area contributed by atoms with E-state index in [0.29, 0.717) is 19.4 Å². The first-order valence-electron chi connectivity index (χ1n) is 5.67. The molecular formula is C13H13NO4. The summed E-state index contributed by atoms with van der Waals surface area (Å²) >= 11 is 0. The van der Waals surface area contributed by atoms with Crippen molar-refractivity contribution in [1.29, 1.82) is 0 Å². The van der Waals surface area contributed by atoms with E-state index < -0.39 is 5.97 Å². The van der Waals surface area contributed by atoms with Crippen molar-refractivity contribution < 1.29 is 19.5 Å². The zero-order valence-electron chi connectivity index (χ0n) is 9.70. The van der Waals surface area contributed by atoms with Crippen LogP contribution in [0, 0.1) is 11.8 Å². The van der Waals surface area contributed by atoms with Crippen molar-refractivity contribution in [3.05, 3.63) is 24.3 Å². The molecule has 5 heteroatoms. The van der Waals surface area contributed by atoms with Gasteiger partial charge in [-0.2, -0.15) is 0 Å². The van der Waals surface area contributed by atoms with Crippen LogP contribution in [0.5, 0.6) is 0 Å². The fraction of sp³-hybridized carbons (Fsp3) is 0.385. The van der Waals surface area contributed by atoms with Gasteiger partial charge >= 0.3 is 5.97 Å². The second kappa shape index (κ2) is 6.03. The number of hydrogen-bond donors (Lipinski definition) is 1. The lowest BCUT2D eigenvalue weighted by molar-refractivity contribution is -0.129. The van der Waals surface area contributed by atoms with E-state index in [1.54, 1.807) is 6.08 Å². The fourth-order valence-corrected chi connectivity index (χ4v) is 1.58. The minimum absolute atomic E-state index is 0.0679. The molecule has 1 aliphatic carbocycles. The Hall–Kier alpha value is -2.06. The summed E-state index contributed by atoms with van der Waals surface area (Å²) in [5, 5.41) is 12.2. The van der Waals surface area contributed by atoms with Crippen molar-refractivity contribution >= 4 is 11.7 Å². The highest BCUT2D eigenvalue weighted by Crippen LogP contribution is 2.14. The zero-order chi connectivity index (χ0) is 12.8. The lowest BCUT2D eigenvalue weighted by Gasteiger charge is -2.10. The minimum Gasteiger partial charge on any atom is -0.477 e. The highest BCUT2D eigenvalue weighted by Gasteiger charge is 2.25. The van der Waals surface area contributed by atoms with Gasteiger partial charge in [0.05, 0.1) is 6.61 Å². The number of carbonyl (C=O) groups is 1. The van der Waals surface area contributed by atoms with Gasteiger partial charge in [-0.15, -0.1) is 0 Å². The number of hydrogen-bond acceptors (Lipinski definition) is 4. The standard InChI is InChI=1S/C13H13NO4/c15-13(16)12-9-11(18-14-12)7-8-17-10-5-3-1-2-4-6-10/h1-3,5,10-11H,7-9H2,(H,15,16). The topological polar surface area (TPSA) is 68.1 Å². The van der Waals surface area contributed by atoms with Gasteiger partial charge in [0.25, 0.3) is 0 Å². The lowest BCUT2D eigenvalue weighted by atomic mass is 10.1. The molecule has 18 heavy (non-hydrogen) atoms. The molecule has 0 spiro atoms. The summed E-state index contributed by atoms with van der Waals surface area (Å²) in [7, 11) is 0. The second-order valence-corrected chi connectivity index (χ2v) is 3.89. The van der Waals surface area contributed by atoms with E-state index >= 15 is 0 Å². The quantitative estimate of drug-likeness (QED) is 0.739. The molecular weight excluding hydrogens is 234 g/mol. The lowest BCUT2D eigenvalue weighted by Crippen LogP contribution is -2.17. The molecule has 2 atom stereocenters. The van der Waals surface area contributed by atoms with E-state index in [1.165, 1.54) is 0 Å². The molecule has 0 aromatic carbocycles. The average Bonchev–Trinajstić information content (AvgIpc) is 2.67. The molecule has 1 heterocycles. The molecule has 5 nitrogen and oxygen atoms in total. The Morgan fingerprint density at radius 2 is 2.50 bits per heavy atom. The van der Waals surface area contributed by atoms with Gasteiger partial charge in [-0.1, -0.05) is 29.1 Å². The normalized spacial score (nSPS) is 24.8. The number of carboxylic acids is 1. The minimum atomic E-state index is -1.03. The Labute approximate surface area is 105 Å². The molecule has 0 saturated carbocycles. The molecule has 0 radical (unpaired) electrons. The van der Waals surface area contributed by atoms with Crippen molar-refractivity contribution in [1.82, 2.24) is 0 Å². The van der Waals surface area contributed by atoms with Crippen molar-refractivity contribution in [2.24, 2.45) is 5.16 Å². The highest BCUT2D eigenvalue weighted by atomic mass is 16.6. The molecule has 1 N–H and O–H groups in total. The molecule has 94 valence electrons. The summed E-state index contributed by atoms with van der Waals surface area (Å²) < 4.78 is 5.54. The Morgan fingerprint density at radius 1 is 1.61 bits per heavy atom. The van der Waals surface area contributed by atoms with E-state index in [0.717, 1.165) is 0 Å². The van der Waals surface area contributed by atoms with Crippen LogP contribution < -0.4 is 0 Å². The van der Waals surface area contributed by atoms with Gasteiger partial charge in [-0.3, -0.25) is 0 Å². The third-order valence-corrected chi connectivity index (χ3v) is 2.52. The number of rotatable bonds is 5. The first-order chi connectivity index (χ1) is 8.75. The summed E-state index contributed by atoms with van der Waals surface area (Å²) in [6.07, 6.45) is 7.83. The third-order valence-electron chi connectivity index (χ3n) is 2.52. The van der Waals surface area contributed by atoms with Crippen molar-refractivity contribution in [2.45, 2.75) is 25.0 Å². The SMILES string of the molecule is O=C(O)C1=NOC(CCOC2C#CC=CC=C2)C1. The van der Waals surface area contributed by atoms with Crippen molar-refractivity contribution in [3.8, 4) is 11.8 Å². The summed E-state index contributed by atoms with van der Waals surface area (Å²) in [6, 6.07) is 0. The number of ether oxygens (including phenoxy) is 1. The molecule has 0 bridgehead atoms. The van der Waals surface area contributed by atoms with Crippen molar-refractivity contribution in [2.75, 3.05) is 6.61 Å². The van der Waals surface area contributed by atoms with Gasteiger partial charge in [0.2, 0.25) is 0 Å². The number of nitrogens with zero attached hydrogens (tertiary/aromatic N) is 1. The van der Waals surface area contributed by atoms with Gasteiger partial charge in [0.1, 0.15) is 12.2 Å². The molecule has 1 aliphatic heterocycles. The molecule has 0 fully saturated rings. The second-order valence-electron chi connectivity index (χ2n) is 3.89. The maximum atomic E-state index is 10.6. The summed E-state index contributed by atoms with van der Waals surface area (Å²) in [4.78, 5) is 15.6. The molecule has 0 aromatic heterocycles. The number of carboxylic acid groups (broad SMARTS) is 1. The molecule has 2 unspecified atom stereocenters. The fourth-order valence-electron chi connectivity index (χ4n) is 1.58. The van der Waals surface area contributed by atoms with Gasteiger partial charge in [-0.05, 0) is 12.2 Å². The largest absolute Gasteiger partial charge is 0.477 e. The van der Waals surface area contributed by atoms with Crippen LogP contribution in [-0.2, 0) is 14.4 Å². The Balaban J connectivity index is 1.68. The van der Waals surface area contributed by atoms with Crippen LogP contribution in [0.15, 0.2) is 29.5 Å². The van der Waals surface area contributed by atoms with Gasteiger partial charge < -0.3 is 14.7 Å². The Bertz CT molecular complexity index is 467. The van der Waals surface area contributed by atoms with Gasteiger partial charge in [0.15, 0.2) is 5.71 Å². The van der Waals surface area contributed by atoms with E-state index in [9.17, 15) is 4.79 Å². The van der Waals surface area contributed by atoms with Crippen LogP contribution in [0.2, 0.25) is 0 Å². The smallest absolute Gasteiger partial charge is 0.353 e. The predicted octanol–water partition coefficient (Wildman–Crippen LogP) is 1.12. The van der Waals surface area contributed by atoms with Crippen LogP contribution >= 0.6 is 0 Å². The van der Waals surface area contributed by atoms with E-state index in [2.05, 4.69) is 17.0 Å². The predicted molar refractivity (Wildman–Crippen MR) is 65.0 cm³/mol. The summed E-state index contributed by atoms with van der Waals surface area (Å²) in [6.45, 7) is 0.455. The number of aliphatic carboxylic acids is 1. The van der Waals surface area contributed by atoms with E-state index in [-0.39, 0.29) is 17.9 Å². The summed E-state index contributed by atoms with van der Waals surface area (Å²) in [5.41, 5.74) is 0.0679. The Morgan fingerprint density at radius 3 is 3.28 bits per heavy atom. The Kier molecular flexibility index (Phi) is 4.15. The molecule has 2 rings (SSSR count). The monoisotopic (exact) mass is 247 g/mol. The third kappa shape index (κ3) is 3.47. The van der Waals surface area contributed by atoms with Gasteiger partial charge in [0, 0.05) is 12.8 Å². The molecule has 0 amide bonds. The maximum absolute atomic E-state index is 10.6. The molecule has 0 aromatic rings. The first-order valence-corrected chi connectivity index (χ1v) is 5.67. The first kappa shape index (κ1) is 12.4. The van der Waals surface area contributed by atoms with Gasteiger partial charge in [-0.25, -0.2) is 4.79 Å². The molecule has 2 aliphatic rings. The van der Waals surface area contributed by atoms with E-state index in [4.69, 9.17) is 14.7 Å². The maximum Gasteiger partial charge on any atom is 0.353 e. The number of allylic oxidation sites excluding steroid dienone is 3. The van der Waals surface area contributed by atoms with E-state index in [1.807, 2.05) is 18.2 Å². The van der Waals surface area contributed by atoms with Crippen LogP contribution in [0.25, 0.3) is 0 Å². The van der Waals surface area contributed by atoms with Crippen LogP contribution in [-0.4, -0.2) is 35.6 Å². The van der Waals surface area contributed by atoms with Crippen molar-refractivity contribution in [3.63, 3.8) is 0 Å². The van der Waals surface area contributed by atoms with Crippen LogP contribution in [0.3, 0.4) is 0 Å². The average molecular weight is 247 g/mol. The highest BCUT2D eigenvalue weighted by molar-refractivity contribution is 6.35. The summed E-state index contributed by atoms with van der Waals surface area (Å²) in [5.74, 6) is 4.75. The molecule has 0 saturated heterocycles. The van der Waals surface area contributed by atoms with Crippen LogP contribution in [0.4, 0.5) is 0 Å². The van der Waals surface area contributed by atoms with Crippen LogP contribution in [0.1, 0.15) is 12.8 Å². The zero-order valence-corrected chi connectivity index (χ0v) is 9.70.